The van der Waals surface area contributed by atoms with Gasteiger partial charge in [-0.05, 0) is 49.4 Å². The Kier molecular flexibility index (Phi) is 5.35. The fraction of sp³-hybridized carbons (Fsp3) is 0.533. The molecule has 0 aliphatic carbocycles. The molecule has 0 aromatic heterocycles. The number of rotatable bonds is 6. The Bertz CT molecular complexity index is 413. The van der Waals surface area contributed by atoms with Gasteiger partial charge in [-0.3, -0.25) is 4.79 Å². The van der Waals surface area contributed by atoms with Crippen LogP contribution in [-0.4, -0.2) is 17.0 Å². The number of carbonyl (C=O) groups is 1. The Hall–Kier alpha value is -1.35. The number of ketones is 1. The summed E-state index contributed by atoms with van der Waals surface area (Å²) < 4.78 is 0. The number of aryl methyl sites for hydroxylation is 1. The summed E-state index contributed by atoms with van der Waals surface area (Å²) in [7, 11) is 0. The summed E-state index contributed by atoms with van der Waals surface area (Å²) in [6, 6.07) is 5.25. The van der Waals surface area contributed by atoms with Gasteiger partial charge in [0.15, 0.2) is 5.78 Å². The van der Waals surface area contributed by atoms with Gasteiger partial charge in [0.1, 0.15) is 0 Å². The first-order chi connectivity index (χ1) is 8.40. The third kappa shape index (κ3) is 4.49. The highest BCUT2D eigenvalue weighted by atomic mass is 16.3. The largest absolute Gasteiger partial charge is 0.399 e. The highest BCUT2D eigenvalue weighted by molar-refractivity contribution is 5.96. The maximum absolute atomic E-state index is 12.0. The van der Waals surface area contributed by atoms with Crippen molar-refractivity contribution in [2.24, 2.45) is 5.92 Å². The lowest BCUT2D eigenvalue weighted by Crippen LogP contribution is -2.14. The first-order valence-corrected chi connectivity index (χ1v) is 6.47. The van der Waals surface area contributed by atoms with E-state index in [1.54, 1.807) is 18.2 Å². The summed E-state index contributed by atoms with van der Waals surface area (Å²) >= 11 is 0. The molecular formula is C15H23NO2. The number of aliphatic hydroxyl groups is 1. The maximum atomic E-state index is 12.0. The molecule has 0 bridgehead atoms. The zero-order valence-corrected chi connectivity index (χ0v) is 11.4. The summed E-state index contributed by atoms with van der Waals surface area (Å²) in [6.45, 7) is 6.09. The van der Waals surface area contributed by atoms with Gasteiger partial charge in [0.05, 0.1) is 6.10 Å². The van der Waals surface area contributed by atoms with Crippen molar-refractivity contribution in [2.75, 3.05) is 5.73 Å². The van der Waals surface area contributed by atoms with Gasteiger partial charge in [-0.25, -0.2) is 0 Å². The molecule has 0 spiro atoms. The molecule has 1 aromatic carbocycles. The minimum Gasteiger partial charge on any atom is -0.399 e. The number of anilines is 1. The normalized spacial score (nSPS) is 12.7. The predicted octanol–water partition coefficient (Wildman–Crippen LogP) is 2.95. The fourth-order valence-corrected chi connectivity index (χ4v) is 1.81. The van der Waals surface area contributed by atoms with E-state index in [0.29, 0.717) is 23.6 Å². The number of carbonyl (C=O) groups excluding carboxylic acids is 1. The van der Waals surface area contributed by atoms with Gasteiger partial charge < -0.3 is 10.8 Å². The Morgan fingerprint density at radius 1 is 1.33 bits per heavy atom. The van der Waals surface area contributed by atoms with Crippen molar-refractivity contribution in [2.45, 2.75) is 46.1 Å². The highest BCUT2D eigenvalue weighted by Crippen LogP contribution is 2.16. The van der Waals surface area contributed by atoms with Crippen LogP contribution in [0.25, 0.3) is 0 Å². The standard InChI is InChI=1S/C15H23NO2/c1-10(2)4-6-13(17)9-15(18)12-5-7-14(16)11(3)8-12/h5,7-8,10,13,17H,4,6,9,16H2,1-3H3. The molecule has 0 fully saturated rings. The number of aliphatic hydroxyl groups excluding tert-OH is 1. The monoisotopic (exact) mass is 249 g/mol. The molecule has 3 heteroatoms. The van der Waals surface area contributed by atoms with Crippen LogP contribution in [0.1, 0.15) is 49.0 Å². The second-order valence-corrected chi connectivity index (χ2v) is 5.32. The van der Waals surface area contributed by atoms with Crippen LogP contribution in [0.15, 0.2) is 18.2 Å². The number of hydrogen-bond acceptors (Lipinski definition) is 3. The van der Waals surface area contributed by atoms with E-state index in [4.69, 9.17) is 5.73 Å². The molecule has 0 radical (unpaired) electrons. The Morgan fingerprint density at radius 2 is 2.00 bits per heavy atom. The van der Waals surface area contributed by atoms with Crippen molar-refractivity contribution < 1.29 is 9.90 Å². The molecule has 0 saturated heterocycles. The van der Waals surface area contributed by atoms with Crippen molar-refractivity contribution in [1.29, 1.82) is 0 Å². The lowest BCUT2D eigenvalue weighted by atomic mass is 9.98. The highest BCUT2D eigenvalue weighted by Gasteiger charge is 2.13. The zero-order chi connectivity index (χ0) is 13.7. The van der Waals surface area contributed by atoms with E-state index in [-0.39, 0.29) is 12.2 Å². The molecule has 18 heavy (non-hydrogen) atoms. The average Bonchev–Trinajstić information content (AvgIpc) is 2.30. The summed E-state index contributed by atoms with van der Waals surface area (Å²) in [5.41, 5.74) is 7.93. The van der Waals surface area contributed by atoms with E-state index >= 15 is 0 Å². The van der Waals surface area contributed by atoms with E-state index in [1.807, 2.05) is 6.92 Å². The van der Waals surface area contributed by atoms with Crippen molar-refractivity contribution >= 4 is 11.5 Å². The van der Waals surface area contributed by atoms with Crippen molar-refractivity contribution in [3.05, 3.63) is 29.3 Å². The second kappa shape index (κ2) is 6.55. The lowest BCUT2D eigenvalue weighted by Gasteiger charge is -2.12. The molecule has 3 N–H and O–H groups in total. The Balaban J connectivity index is 2.56. The molecule has 3 nitrogen and oxygen atoms in total. The third-order valence-corrected chi connectivity index (χ3v) is 3.09. The molecule has 1 unspecified atom stereocenters. The lowest BCUT2D eigenvalue weighted by molar-refractivity contribution is 0.0859. The van der Waals surface area contributed by atoms with E-state index < -0.39 is 6.10 Å². The summed E-state index contributed by atoms with van der Waals surface area (Å²) in [4.78, 5) is 12.0. The molecule has 0 saturated carbocycles. The van der Waals surface area contributed by atoms with E-state index in [1.165, 1.54) is 0 Å². The number of hydrogen-bond donors (Lipinski definition) is 2. The summed E-state index contributed by atoms with van der Waals surface area (Å²) in [5.74, 6) is 0.530. The Labute approximate surface area is 109 Å². The van der Waals surface area contributed by atoms with Crippen LogP contribution < -0.4 is 5.73 Å². The van der Waals surface area contributed by atoms with E-state index in [9.17, 15) is 9.90 Å². The number of benzene rings is 1. The summed E-state index contributed by atoms with van der Waals surface area (Å²) in [5, 5.41) is 9.81. The summed E-state index contributed by atoms with van der Waals surface area (Å²) in [6.07, 6.45) is 1.26. The Morgan fingerprint density at radius 3 is 2.56 bits per heavy atom. The van der Waals surface area contributed by atoms with Crippen LogP contribution in [0.3, 0.4) is 0 Å². The van der Waals surface area contributed by atoms with E-state index in [2.05, 4.69) is 13.8 Å². The molecule has 0 aliphatic heterocycles. The van der Waals surface area contributed by atoms with Gasteiger partial charge in [-0.15, -0.1) is 0 Å². The number of nitrogens with two attached hydrogens (primary N) is 1. The second-order valence-electron chi connectivity index (χ2n) is 5.32. The quantitative estimate of drug-likeness (QED) is 0.602. The van der Waals surface area contributed by atoms with Crippen LogP contribution >= 0.6 is 0 Å². The predicted molar refractivity (Wildman–Crippen MR) is 74.6 cm³/mol. The van der Waals surface area contributed by atoms with Crippen molar-refractivity contribution in [1.82, 2.24) is 0 Å². The molecular weight excluding hydrogens is 226 g/mol. The van der Waals surface area contributed by atoms with E-state index in [0.717, 1.165) is 12.0 Å². The van der Waals surface area contributed by atoms with Gasteiger partial charge in [0, 0.05) is 17.7 Å². The minimum atomic E-state index is -0.544. The molecule has 1 rings (SSSR count). The number of Topliss-reactive ketones (excluding diaryl/α,β-unsaturated/α-hetero) is 1. The van der Waals surface area contributed by atoms with Crippen LogP contribution in [-0.2, 0) is 0 Å². The van der Waals surface area contributed by atoms with Gasteiger partial charge in [0.2, 0.25) is 0 Å². The first-order valence-electron chi connectivity index (χ1n) is 6.47. The van der Waals surface area contributed by atoms with Crippen LogP contribution in [0.5, 0.6) is 0 Å². The van der Waals surface area contributed by atoms with Crippen LogP contribution in [0.2, 0.25) is 0 Å². The van der Waals surface area contributed by atoms with Gasteiger partial charge in [0.25, 0.3) is 0 Å². The van der Waals surface area contributed by atoms with Crippen molar-refractivity contribution in [3.63, 3.8) is 0 Å². The van der Waals surface area contributed by atoms with Gasteiger partial charge >= 0.3 is 0 Å². The van der Waals surface area contributed by atoms with Crippen LogP contribution in [0.4, 0.5) is 5.69 Å². The zero-order valence-electron chi connectivity index (χ0n) is 11.4. The number of nitrogen functional groups attached to an aromatic ring is 1. The smallest absolute Gasteiger partial charge is 0.165 e. The molecule has 0 aliphatic rings. The average molecular weight is 249 g/mol. The molecule has 0 amide bonds. The molecule has 100 valence electrons. The third-order valence-electron chi connectivity index (χ3n) is 3.09. The maximum Gasteiger partial charge on any atom is 0.165 e. The first kappa shape index (κ1) is 14.7. The topological polar surface area (TPSA) is 63.3 Å². The molecule has 1 atom stereocenters. The van der Waals surface area contributed by atoms with Gasteiger partial charge in [-0.2, -0.15) is 0 Å². The van der Waals surface area contributed by atoms with Crippen molar-refractivity contribution in [3.8, 4) is 0 Å². The van der Waals surface area contributed by atoms with Crippen LogP contribution in [0, 0.1) is 12.8 Å². The molecule has 0 heterocycles. The molecule has 1 aromatic rings. The van der Waals surface area contributed by atoms with Gasteiger partial charge in [-0.1, -0.05) is 13.8 Å². The fourth-order valence-electron chi connectivity index (χ4n) is 1.81. The minimum absolute atomic E-state index is 0.0191. The SMILES string of the molecule is Cc1cc(C(=O)CC(O)CCC(C)C)ccc1N.